The van der Waals surface area contributed by atoms with Crippen LogP contribution in [0.4, 0.5) is 28.8 Å². The maximum atomic E-state index is 4.50. The number of benzene rings is 2. The van der Waals surface area contributed by atoms with Gasteiger partial charge < -0.3 is 15.5 Å². The normalized spacial score (nSPS) is 14.0. The molecular formula is C21H24N6. The van der Waals surface area contributed by atoms with Crippen LogP contribution >= 0.6 is 0 Å². The summed E-state index contributed by atoms with van der Waals surface area (Å²) in [5.74, 6) is 1.13. The zero-order chi connectivity index (χ0) is 18.5. The first kappa shape index (κ1) is 17.3. The van der Waals surface area contributed by atoms with E-state index in [1.54, 1.807) is 6.20 Å². The van der Waals surface area contributed by atoms with Crippen molar-refractivity contribution in [1.29, 1.82) is 0 Å². The summed E-state index contributed by atoms with van der Waals surface area (Å²) < 4.78 is 0. The molecule has 1 saturated heterocycles. The third-order valence-corrected chi connectivity index (χ3v) is 4.69. The third kappa shape index (κ3) is 4.53. The molecule has 2 N–H and O–H groups in total. The van der Waals surface area contributed by atoms with Crippen molar-refractivity contribution in [2.45, 2.75) is 26.2 Å². The van der Waals surface area contributed by atoms with E-state index < -0.39 is 0 Å². The maximum Gasteiger partial charge on any atom is 0.249 e. The monoisotopic (exact) mass is 360 g/mol. The van der Waals surface area contributed by atoms with Crippen molar-refractivity contribution in [3.8, 4) is 0 Å². The number of rotatable bonds is 5. The van der Waals surface area contributed by atoms with Gasteiger partial charge in [-0.25, -0.2) is 0 Å². The molecular weight excluding hydrogens is 336 g/mol. The molecule has 1 fully saturated rings. The fourth-order valence-corrected chi connectivity index (χ4v) is 3.32. The molecule has 2 aromatic carbocycles. The summed E-state index contributed by atoms with van der Waals surface area (Å²) in [6.45, 7) is 4.35. The van der Waals surface area contributed by atoms with Gasteiger partial charge in [-0.1, -0.05) is 12.1 Å². The summed E-state index contributed by atoms with van der Waals surface area (Å²) in [4.78, 5) is 6.95. The number of nitrogens with one attached hydrogen (secondary N) is 2. The van der Waals surface area contributed by atoms with Crippen LogP contribution in [0.2, 0.25) is 0 Å². The van der Waals surface area contributed by atoms with Crippen molar-refractivity contribution in [3.63, 3.8) is 0 Å². The lowest BCUT2D eigenvalue weighted by atomic mass is 10.1. The Morgan fingerprint density at radius 2 is 1.70 bits per heavy atom. The van der Waals surface area contributed by atoms with E-state index in [9.17, 15) is 0 Å². The number of aromatic nitrogens is 3. The Kier molecular flexibility index (Phi) is 5.14. The van der Waals surface area contributed by atoms with Crippen molar-refractivity contribution < 1.29 is 0 Å². The van der Waals surface area contributed by atoms with Gasteiger partial charge in [-0.15, -0.1) is 5.10 Å². The van der Waals surface area contributed by atoms with E-state index in [0.29, 0.717) is 11.8 Å². The van der Waals surface area contributed by atoms with E-state index in [1.165, 1.54) is 30.5 Å². The molecule has 6 nitrogen and oxygen atoms in total. The van der Waals surface area contributed by atoms with Crippen LogP contribution in [-0.4, -0.2) is 28.3 Å². The van der Waals surface area contributed by atoms with E-state index >= 15 is 0 Å². The summed E-state index contributed by atoms with van der Waals surface area (Å²) in [6, 6.07) is 16.6. The standard InChI is InChI=1S/C21H24N6/c1-16-6-5-7-18(14-16)24-21-25-20(15-22-26-21)23-17-8-10-19(11-9-17)27-12-3-2-4-13-27/h5-11,14-15H,2-4,12-13H2,1H3,(H2,23,24,25,26). The molecule has 0 atom stereocenters. The van der Waals surface area contributed by atoms with Crippen molar-refractivity contribution in [2.75, 3.05) is 28.6 Å². The predicted octanol–water partition coefficient (Wildman–Crippen LogP) is 4.66. The molecule has 4 rings (SSSR count). The van der Waals surface area contributed by atoms with E-state index in [-0.39, 0.29) is 0 Å². The second-order valence-electron chi connectivity index (χ2n) is 6.88. The Morgan fingerprint density at radius 1 is 0.889 bits per heavy atom. The molecule has 0 aliphatic carbocycles. The van der Waals surface area contributed by atoms with Crippen LogP contribution in [0, 0.1) is 6.92 Å². The largest absolute Gasteiger partial charge is 0.372 e. The van der Waals surface area contributed by atoms with Gasteiger partial charge in [0.2, 0.25) is 5.95 Å². The van der Waals surface area contributed by atoms with Gasteiger partial charge in [0.05, 0.1) is 6.20 Å². The maximum absolute atomic E-state index is 4.50. The average molecular weight is 360 g/mol. The first-order valence-corrected chi connectivity index (χ1v) is 9.42. The van der Waals surface area contributed by atoms with Crippen molar-refractivity contribution in [3.05, 3.63) is 60.3 Å². The number of nitrogens with zero attached hydrogens (tertiary/aromatic N) is 4. The Labute approximate surface area is 159 Å². The number of aryl methyl sites for hydroxylation is 1. The number of piperidine rings is 1. The van der Waals surface area contributed by atoms with Crippen LogP contribution in [0.1, 0.15) is 24.8 Å². The molecule has 6 heteroatoms. The highest BCUT2D eigenvalue weighted by atomic mass is 15.3. The minimum absolute atomic E-state index is 0.468. The van der Waals surface area contributed by atoms with E-state index in [2.05, 4.69) is 68.0 Å². The second-order valence-corrected chi connectivity index (χ2v) is 6.88. The Bertz CT molecular complexity index is 887. The minimum Gasteiger partial charge on any atom is -0.372 e. The molecule has 0 radical (unpaired) electrons. The highest BCUT2D eigenvalue weighted by Gasteiger charge is 2.10. The van der Waals surface area contributed by atoms with E-state index in [0.717, 1.165) is 24.5 Å². The van der Waals surface area contributed by atoms with Crippen molar-refractivity contribution in [1.82, 2.24) is 15.2 Å². The molecule has 0 bridgehead atoms. The molecule has 138 valence electrons. The van der Waals surface area contributed by atoms with Crippen molar-refractivity contribution >= 4 is 28.8 Å². The summed E-state index contributed by atoms with van der Waals surface area (Å²) in [6.07, 6.45) is 5.53. The van der Waals surface area contributed by atoms with Gasteiger partial charge in [0.15, 0.2) is 5.82 Å². The van der Waals surface area contributed by atoms with Crippen LogP contribution < -0.4 is 15.5 Å². The minimum atomic E-state index is 0.468. The smallest absolute Gasteiger partial charge is 0.249 e. The van der Waals surface area contributed by atoms with Gasteiger partial charge in [0.25, 0.3) is 0 Å². The quantitative estimate of drug-likeness (QED) is 0.690. The topological polar surface area (TPSA) is 66.0 Å². The van der Waals surface area contributed by atoms with Crippen LogP contribution in [-0.2, 0) is 0 Å². The lowest BCUT2D eigenvalue weighted by Gasteiger charge is -2.28. The zero-order valence-electron chi connectivity index (χ0n) is 15.5. The molecule has 2 heterocycles. The Hall–Kier alpha value is -3.15. The van der Waals surface area contributed by atoms with Crippen LogP contribution in [0.25, 0.3) is 0 Å². The fraction of sp³-hybridized carbons (Fsp3) is 0.286. The molecule has 0 saturated carbocycles. The molecule has 0 amide bonds. The zero-order valence-corrected chi connectivity index (χ0v) is 15.5. The fourth-order valence-electron chi connectivity index (χ4n) is 3.32. The third-order valence-electron chi connectivity index (χ3n) is 4.69. The Morgan fingerprint density at radius 3 is 2.48 bits per heavy atom. The van der Waals surface area contributed by atoms with Gasteiger partial charge in [0.1, 0.15) is 0 Å². The molecule has 1 aliphatic rings. The molecule has 1 aliphatic heterocycles. The molecule has 0 unspecified atom stereocenters. The Balaban J connectivity index is 1.43. The first-order chi connectivity index (χ1) is 13.3. The van der Waals surface area contributed by atoms with E-state index in [4.69, 9.17) is 0 Å². The molecule has 0 spiro atoms. The first-order valence-electron chi connectivity index (χ1n) is 9.42. The van der Waals surface area contributed by atoms with Gasteiger partial charge in [0, 0.05) is 30.2 Å². The van der Waals surface area contributed by atoms with Crippen LogP contribution in [0.5, 0.6) is 0 Å². The number of hydrogen-bond acceptors (Lipinski definition) is 6. The summed E-state index contributed by atoms with van der Waals surface area (Å²) in [5.41, 5.74) is 4.39. The van der Waals surface area contributed by atoms with E-state index in [1.807, 2.05) is 18.2 Å². The highest BCUT2D eigenvalue weighted by molar-refractivity contribution is 5.62. The molecule has 1 aromatic heterocycles. The van der Waals surface area contributed by atoms with Crippen LogP contribution in [0.15, 0.2) is 54.7 Å². The van der Waals surface area contributed by atoms with Gasteiger partial charge in [-0.2, -0.15) is 10.1 Å². The average Bonchev–Trinajstić information content (AvgIpc) is 2.70. The lowest BCUT2D eigenvalue weighted by Crippen LogP contribution is -2.29. The highest BCUT2D eigenvalue weighted by Crippen LogP contribution is 2.23. The second kappa shape index (κ2) is 8.03. The summed E-state index contributed by atoms with van der Waals surface area (Å²) in [5, 5.41) is 14.6. The summed E-state index contributed by atoms with van der Waals surface area (Å²) in [7, 11) is 0. The van der Waals surface area contributed by atoms with Gasteiger partial charge in [-0.05, 0) is 68.1 Å². The van der Waals surface area contributed by atoms with Crippen LogP contribution in [0.3, 0.4) is 0 Å². The SMILES string of the molecule is Cc1cccc(Nc2nncc(Nc3ccc(N4CCCCC4)cc3)n2)c1. The number of hydrogen-bond donors (Lipinski definition) is 2. The lowest BCUT2D eigenvalue weighted by molar-refractivity contribution is 0.578. The van der Waals surface area contributed by atoms with Crippen molar-refractivity contribution in [2.24, 2.45) is 0 Å². The molecule has 3 aromatic rings. The molecule has 27 heavy (non-hydrogen) atoms. The number of anilines is 5. The van der Waals surface area contributed by atoms with Gasteiger partial charge >= 0.3 is 0 Å². The summed E-state index contributed by atoms with van der Waals surface area (Å²) >= 11 is 0. The van der Waals surface area contributed by atoms with Gasteiger partial charge in [-0.3, -0.25) is 0 Å². The predicted molar refractivity (Wildman–Crippen MR) is 110 cm³/mol.